The molecule has 0 N–H and O–H groups in total. The van der Waals surface area contributed by atoms with Gasteiger partial charge in [-0.15, -0.1) is 11.8 Å². The van der Waals surface area contributed by atoms with Gasteiger partial charge < -0.3 is 14.5 Å². The van der Waals surface area contributed by atoms with Crippen molar-refractivity contribution < 1.29 is 4.74 Å². The van der Waals surface area contributed by atoms with E-state index in [1.54, 1.807) is 0 Å². The second-order valence-electron chi connectivity index (χ2n) is 9.23. The van der Waals surface area contributed by atoms with Crippen molar-refractivity contribution in [2.45, 2.75) is 120 Å². The molecule has 1 fully saturated rings. The van der Waals surface area contributed by atoms with Crippen molar-refractivity contribution in [3.05, 3.63) is 12.4 Å². The van der Waals surface area contributed by atoms with E-state index in [0.717, 1.165) is 19.8 Å². The third-order valence-electron chi connectivity index (χ3n) is 6.23. The molecule has 2 aliphatic heterocycles. The molecule has 2 aliphatic rings. The highest BCUT2D eigenvalue weighted by atomic mass is 32.2. The van der Waals surface area contributed by atoms with E-state index >= 15 is 0 Å². The molecular weight excluding hydrogens is 376 g/mol. The van der Waals surface area contributed by atoms with Crippen LogP contribution < -0.4 is 0 Å². The normalized spacial score (nSPS) is 21.6. The lowest BCUT2D eigenvalue weighted by atomic mass is 10.0. The Hall–Kier alpha value is -0.350. The van der Waals surface area contributed by atoms with Crippen LogP contribution in [0.15, 0.2) is 12.4 Å². The molecular formula is C25H48N2OS. The Balaban J connectivity index is 1.29. The summed E-state index contributed by atoms with van der Waals surface area (Å²) in [6.45, 7) is 5.38. The van der Waals surface area contributed by atoms with Crippen LogP contribution in [0.3, 0.4) is 0 Å². The average molecular weight is 425 g/mol. The van der Waals surface area contributed by atoms with Crippen LogP contribution in [0.4, 0.5) is 0 Å². The minimum atomic E-state index is 0.450. The molecule has 0 aliphatic carbocycles. The van der Waals surface area contributed by atoms with Gasteiger partial charge in [0, 0.05) is 31.2 Å². The largest absolute Gasteiger partial charge is 0.366 e. The Morgan fingerprint density at radius 3 is 1.86 bits per heavy atom. The number of hydrogen-bond donors (Lipinski definition) is 0. The zero-order valence-electron chi connectivity index (χ0n) is 19.5. The topological polar surface area (TPSA) is 15.7 Å². The Labute approximate surface area is 186 Å². The predicted octanol–water partition coefficient (Wildman–Crippen LogP) is 7.38. The highest BCUT2D eigenvalue weighted by Crippen LogP contribution is 2.32. The number of rotatable bonds is 18. The monoisotopic (exact) mass is 424 g/mol. The molecule has 2 unspecified atom stereocenters. The first-order valence-corrected chi connectivity index (χ1v) is 13.6. The summed E-state index contributed by atoms with van der Waals surface area (Å²) in [5.74, 6) is 0. The standard InChI is InChI=1S/C25H48N2OS/c1-3-4-5-6-7-8-9-10-11-12-13-14-15-16-17-18-25-28-22-24(29-25)21-27-20-19-26(2)23-27/h19-20,24-25H,3-18,21-23H2,1-2H3. The van der Waals surface area contributed by atoms with E-state index in [2.05, 4.69) is 47.9 Å². The maximum absolute atomic E-state index is 6.02. The first kappa shape index (κ1) is 24.9. The van der Waals surface area contributed by atoms with Gasteiger partial charge in [0.1, 0.15) is 5.44 Å². The van der Waals surface area contributed by atoms with Crippen molar-refractivity contribution in [1.29, 1.82) is 0 Å². The molecule has 4 heteroatoms. The van der Waals surface area contributed by atoms with Gasteiger partial charge >= 0.3 is 0 Å². The molecule has 3 nitrogen and oxygen atoms in total. The molecule has 0 saturated carbocycles. The van der Waals surface area contributed by atoms with E-state index < -0.39 is 0 Å². The number of thioether (sulfide) groups is 1. The van der Waals surface area contributed by atoms with Crippen molar-refractivity contribution in [2.24, 2.45) is 0 Å². The highest BCUT2D eigenvalue weighted by Gasteiger charge is 2.27. The predicted molar refractivity (Wildman–Crippen MR) is 129 cm³/mol. The summed E-state index contributed by atoms with van der Waals surface area (Å²) in [5.41, 5.74) is 0.450. The van der Waals surface area contributed by atoms with Crippen molar-refractivity contribution in [1.82, 2.24) is 9.80 Å². The maximum atomic E-state index is 6.02. The SMILES string of the molecule is CCCCCCCCCCCCCCCCCC1OCC(CN2C=CN(C)C2)S1. The van der Waals surface area contributed by atoms with Crippen LogP contribution in [0.5, 0.6) is 0 Å². The summed E-state index contributed by atoms with van der Waals surface area (Å²) in [4.78, 5) is 4.63. The molecule has 0 amide bonds. The average Bonchev–Trinajstić information content (AvgIpc) is 3.33. The maximum Gasteiger partial charge on any atom is 0.103 e. The van der Waals surface area contributed by atoms with Crippen molar-refractivity contribution in [2.75, 3.05) is 26.9 Å². The first-order valence-electron chi connectivity index (χ1n) is 12.7. The van der Waals surface area contributed by atoms with Gasteiger partial charge in [-0.05, 0) is 12.8 Å². The Morgan fingerprint density at radius 2 is 1.34 bits per heavy atom. The zero-order chi connectivity index (χ0) is 20.6. The molecule has 0 aromatic carbocycles. The number of unbranched alkanes of at least 4 members (excludes halogenated alkanes) is 14. The quantitative estimate of drug-likeness (QED) is 0.213. The summed E-state index contributed by atoms with van der Waals surface area (Å²) in [6.07, 6.45) is 27.2. The van der Waals surface area contributed by atoms with E-state index in [1.165, 1.54) is 103 Å². The molecule has 170 valence electrons. The molecule has 2 atom stereocenters. The van der Waals surface area contributed by atoms with Gasteiger partial charge in [0.05, 0.1) is 13.3 Å². The van der Waals surface area contributed by atoms with Crippen molar-refractivity contribution >= 4 is 11.8 Å². The summed E-state index contributed by atoms with van der Waals surface area (Å²) in [7, 11) is 2.13. The zero-order valence-corrected chi connectivity index (χ0v) is 20.3. The van der Waals surface area contributed by atoms with Gasteiger partial charge in [0.25, 0.3) is 0 Å². The summed E-state index contributed by atoms with van der Waals surface area (Å²) < 4.78 is 6.02. The fourth-order valence-electron chi connectivity index (χ4n) is 4.41. The van der Waals surface area contributed by atoms with Gasteiger partial charge in [0.2, 0.25) is 0 Å². The third-order valence-corrected chi connectivity index (χ3v) is 7.58. The minimum Gasteiger partial charge on any atom is -0.366 e. The van der Waals surface area contributed by atoms with Crippen LogP contribution in [-0.4, -0.2) is 47.4 Å². The van der Waals surface area contributed by atoms with Gasteiger partial charge in [-0.1, -0.05) is 96.8 Å². The Morgan fingerprint density at radius 1 is 0.793 bits per heavy atom. The fourth-order valence-corrected chi connectivity index (χ4v) is 5.73. The van der Waals surface area contributed by atoms with Crippen molar-refractivity contribution in [3.63, 3.8) is 0 Å². The summed E-state index contributed by atoms with van der Waals surface area (Å²) in [5, 5.41) is 0.646. The van der Waals surface area contributed by atoms with E-state index in [-0.39, 0.29) is 0 Å². The summed E-state index contributed by atoms with van der Waals surface area (Å²) in [6, 6.07) is 0. The van der Waals surface area contributed by atoms with Crippen LogP contribution in [-0.2, 0) is 4.74 Å². The van der Waals surface area contributed by atoms with E-state index in [1.807, 2.05) is 0 Å². The molecule has 1 saturated heterocycles. The lowest BCUT2D eigenvalue weighted by Gasteiger charge is -2.20. The minimum absolute atomic E-state index is 0.450. The fraction of sp³-hybridized carbons (Fsp3) is 0.920. The number of nitrogens with zero attached hydrogens (tertiary/aromatic N) is 2. The van der Waals surface area contributed by atoms with Crippen LogP contribution in [0.25, 0.3) is 0 Å². The number of hydrogen-bond acceptors (Lipinski definition) is 4. The van der Waals surface area contributed by atoms with Gasteiger partial charge in [-0.2, -0.15) is 0 Å². The summed E-state index contributed by atoms with van der Waals surface area (Å²) >= 11 is 2.07. The van der Waals surface area contributed by atoms with Gasteiger partial charge in [-0.25, -0.2) is 0 Å². The Kier molecular flexibility index (Phi) is 14.1. The Bertz CT molecular complexity index is 418. The highest BCUT2D eigenvalue weighted by molar-refractivity contribution is 8.00. The molecule has 0 spiro atoms. The van der Waals surface area contributed by atoms with Gasteiger partial charge in [0.15, 0.2) is 0 Å². The van der Waals surface area contributed by atoms with Crippen LogP contribution in [0, 0.1) is 0 Å². The molecule has 0 radical (unpaired) electrons. The lowest BCUT2D eigenvalue weighted by Crippen LogP contribution is -2.29. The first-order chi connectivity index (χ1) is 14.3. The molecule has 2 rings (SSSR count). The van der Waals surface area contributed by atoms with E-state index in [0.29, 0.717) is 10.7 Å². The lowest BCUT2D eigenvalue weighted by molar-refractivity contribution is 0.121. The van der Waals surface area contributed by atoms with Gasteiger partial charge in [-0.3, -0.25) is 0 Å². The third kappa shape index (κ3) is 12.2. The molecule has 0 bridgehead atoms. The molecule has 2 heterocycles. The molecule has 29 heavy (non-hydrogen) atoms. The van der Waals surface area contributed by atoms with Crippen molar-refractivity contribution in [3.8, 4) is 0 Å². The second-order valence-corrected chi connectivity index (χ2v) is 10.7. The molecule has 0 aromatic rings. The molecule has 0 aromatic heterocycles. The van der Waals surface area contributed by atoms with E-state index in [4.69, 9.17) is 4.74 Å². The van der Waals surface area contributed by atoms with Crippen LogP contribution in [0.2, 0.25) is 0 Å². The van der Waals surface area contributed by atoms with E-state index in [9.17, 15) is 0 Å². The second kappa shape index (κ2) is 16.4. The van der Waals surface area contributed by atoms with Crippen LogP contribution in [0.1, 0.15) is 110 Å². The number of ether oxygens (including phenoxy) is 1. The smallest absolute Gasteiger partial charge is 0.103 e. The van der Waals surface area contributed by atoms with Crippen LogP contribution >= 0.6 is 11.8 Å².